The van der Waals surface area contributed by atoms with Crippen LogP contribution in [0.5, 0.6) is 0 Å². The minimum atomic E-state index is -2.99. The molecule has 1 amide bonds. The molecule has 1 fully saturated rings. The van der Waals surface area contributed by atoms with Crippen LogP contribution in [0.2, 0.25) is 5.15 Å². The van der Waals surface area contributed by atoms with Crippen molar-refractivity contribution in [2.24, 2.45) is 0 Å². The van der Waals surface area contributed by atoms with E-state index in [0.29, 0.717) is 18.2 Å². The van der Waals surface area contributed by atoms with Crippen molar-refractivity contribution in [2.45, 2.75) is 12.6 Å². The van der Waals surface area contributed by atoms with Crippen LogP contribution in [0.1, 0.15) is 17.3 Å². The molecule has 0 aromatic carbocycles. The molecule has 1 unspecified atom stereocenters. The molecular formula is C13H16ClN3O4S. The largest absolute Gasteiger partial charge is 0.465 e. The quantitative estimate of drug-likeness (QED) is 0.764. The van der Waals surface area contributed by atoms with Crippen LogP contribution < -0.4 is 0 Å². The number of pyridine rings is 1. The summed E-state index contributed by atoms with van der Waals surface area (Å²) in [6.45, 7) is 1.31. The van der Waals surface area contributed by atoms with Gasteiger partial charge in [0, 0.05) is 19.6 Å². The molecule has 9 heteroatoms. The van der Waals surface area contributed by atoms with Gasteiger partial charge in [-0.15, -0.1) is 0 Å². The minimum Gasteiger partial charge on any atom is -0.465 e. The van der Waals surface area contributed by atoms with E-state index in [0.717, 1.165) is 11.3 Å². The summed E-state index contributed by atoms with van der Waals surface area (Å²) in [5, 5.41) is 9.64. The molecule has 22 heavy (non-hydrogen) atoms. The van der Waals surface area contributed by atoms with Gasteiger partial charge in [-0.05, 0) is 11.6 Å². The summed E-state index contributed by atoms with van der Waals surface area (Å²) in [6, 6.07) is 3.17. The lowest BCUT2D eigenvalue weighted by Crippen LogP contribution is -2.49. The fourth-order valence-electron chi connectivity index (χ4n) is 2.94. The van der Waals surface area contributed by atoms with E-state index in [9.17, 15) is 18.3 Å². The zero-order valence-electron chi connectivity index (χ0n) is 11.8. The van der Waals surface area contributed by atoms with Crippen LogP contribution in [-0.4, -0.2) is 65.5 Å². The van der Waals surface area contributed by atoms with E-state index >= 15 is 0 Å². The number of hydrogen-bond donors (Lipinski definition) is 1. The van der Waals surface area contributed by atoms with E-state index in [1.807, 2.05) is 4.90 Å². The molecule has 2 aliphatic heterocycles. The Hall–Kier alpha value is -1.38. The number of aromatic nitrogens is 1. The highest BCUT2D eigenvalue weighted by Gasteiger charge is 2.35. The number of hydrogen-bond acceptors (Lipinski definition) is 5. The number of rotatable bonds is 1. The lowest BCUT2D eigenvalue weighted by Gasteiger charge is -2.40. The molecule has 0 aliphatic carbocycles. The zero-order valence-corrected chi connectivity index (χ0v) is 13.3. The first kappa shape index (κ1) is 15.5. The summed E-state index contributed by atoms with van der Waals surface area (Å²) < 4.78 is 23.2. The molecule has 3 rings (SSSR count). The van der Waals surface area contributed by atoms with Crippen LogP contribution in [0.25, 0.3) is 0 Å². The number of fused-ring (bicyclic) bond motifs is 1. The molecule has 0 bridgehead atoms. The molecule has 3 heterocycles. The molecule has 0 spiro atoms. The molecule has 1 aromatic rings. The standard InChI is InChI=1S/C13H16ClN3O4S/c14-11-2-1-9-7-17(13(18)19)8-10(12(9)15-11)16-3-5-22(20,21)6-4-16/h1-2,10H,3-8H2,(H,18,19). The van der Waals surface area contributed by atoms with Crippen molar-refractivity contribution < 1.29 is 18.3 Å². The van der Waals surface area contributed by atoms with Gasteiger partial charge in [0.1, 0.15) is 5.15 Å². The molecule has 1 atom stereocenters. The van der Waals surface area contributed by atoms with Gasteiger partial charge < -0.3 is 10.0 Å². The first-order valence-electron chi connectivity index (χ1n) is 6.93. The second kappa shape index (κ2) is 5.68. The molecule has 0 radical (unpaired) electrons. The van der Waals surface area contributed by atoms with Gasteiger partial charge in [0.2, 0.25) is 0 Å². The Morgan fingerprint density at radius 3 is 2.64 bits per heavy atom. The average molecular weight is 346 g/mol. The van der Waals surface area contributed by atoms with Gasteiger partial charge in [0.05, 0.1) is 29.8 Å². The van der Waals surface area contributed by atoms with Gasteiger partial charge in [0.15, 0.2) is 9.84 Å². The van der Waals surface area contributed by atoms with Gasteiger partial charge in [-0.25, -0.2) is 18.2 Å². The van der Waals surface area contributed by atoms with E-state index in [1.165, 1.54) is 4.90 Å². The van der Waals surface area contributed by atoms with E-state index in [2.05, 4.69) is 4.98 Å². The number of carbonyl (C=O) groups is 1. The van der Waals surface area contributed by atoms with Crippen LogP contribution in [0, 0.1) is 0 Å². The summed E-state index contributed by atoms with van der Waals surface area (Å²) in [6.07, 6.45) is -0.991. The lowest BCUT2D eigenvalue weighted by molar-refractivity contribution is 0.101. The van der Waals surface area contributed by atoms with Crippen molar-refractivity contribution in [3.8, 4) is 0 Å². The third-order valence-electron chi connectivity index (χ3n) is 4.14. The van der Waals surface area contributed by atoms with Crippen molar-refractivity contribution in [1.29, 1.82) is 0 Å². The molecule has 120 valence electrons. The third-order valence-corrected chi connectivity index (χ3v) is 5.96. The first-order chi connectivity index (χ1) is 10.4. The molecule has 1 aromatic heterocycles. The fourth-order valence-corrected chi connectivity index (χ4v) is 4.32. The Kier molecular flexibility index (Phi) is 4.00. The van der Waals surface area contributed by atoms with Gasteiger partial charge in [0.25, 0.3) is 0 Å². The zero-order chi connectivity index (χ0) is 15.9. The van der Waals surface area contributed by atoms with Gasteiger partial charge >= 0.3 is 6.09 Å². The lowest BCUT2D eigenvalue weighted by atomic mass is 10.00. The normalized spacial score (nSPS) is 24.8. The van der Waals surface area contributed by atoms with Crippen LogP contribution in [-0.2, 0) is 16.4 Å². The summed E-state index contributed by atoms with van der Waals surface area (Å²) >= 11 is 5.97. The maximum absolute atomic E-state index is 11.6. The third kappa shape index (κ3) is 3.04. The summed E-state index contributed by atoms with van der Waals surface area (Å²) in [5.41, 5.74) is 1.57. The van der Waals surface area contributed by atoms with Gasteiger partial charge in [-0.1, -0.05) is 17.7 Å². The predicted molar refractivity (Wildman–Crippen MR) is 80.6 cm³/mol. The van der Waals surface area contributed by atoms with Crippen LogP contribution in [0.3, 0.4) is 0 Å². The summed E-state index contributed by atoms with van der Waals surface area (Å²) in [5.74, 6) is 0.180. The van der Waals surface area contributed by atoms with Crippen molar-refractivity contribution in [1.82, 2.24) is 14.8 Å². The number of nitrogens with zero attached hydrogens (tertiary/aromatic N) is 3. The monoisotopic (exact) mass is 345 g/mol. The highest BCUT2D eigenvalue weighted by Crippen LogP contribution is 2.31. The summed E-state index contributed by atoms with van der Waals surface area (Å²) in [7, 11) is -2.99. The topological polar surface area (TPSA) is 90.8 Å². The second-order valence-electron chi connectivity index (χ2n) is 5.55. The number of amides is 1. The SMILES string of the molecule is O=C(O)N1Cc2ccc(Cl)nc2C(N2CCS(=O)(=O)CC2)C1. The summed E-state index contributed by atoms with van der Waals surface area (Å²) in [4.78, 5) is 19.0. The second-order valence-corrected chi connectivity index (χ2v) is 8.24. The first-order valence-corrected chi connectivity index (χ1v) is 9.13. The van der Waals surface area contributed by atoms with E-state index in [-0.39, 0.29) is 30.6 Å². The Bertz CT molecular complexity index is 695. The van der Waals surface area contributed by atoms with Crippen molar-refractivity contribution in [3.05, 3.63) is 28.5 Å². The van der Waals surface area contributed by atoms with Crippen molar-refractivity contribution >= 4 is 27.5 Å². The molecular weight excluding hydrogens is 330 g/mol. The Balaban J connectivity index is 1.92. The molecule has 7 nitrogen and oxygen atoms in total. The maximum Gasteiger partial charge on any atom is 0.407 e. The van der Waals surface area contributed by atoms with E-state index < -0.39 is 15.9 Å². The number of sulfone groups is 1. The average Bonchev–Trinajstić information content (AvgIpc) is 2.46. The Labute approximate surface area is 133 Å². The van der Waals surface area contributed by atoms with Gasteiger partial charge in [-0.2, -0.15) is 0 Å². The van der Waals surface area contributed by atoms with Crippen LogP contribution >= 0.6 is 11.6 Å². The van der Waals surface area contributed by atoms with Crippen LogP contribution in [0.4, 0.5) is 4.79 Å². The molecule has 2 aliphatic rings. The van der Waals surface area contributed by atoms with E-state index in [1.54, 1.807) is 12.1 Å². The minimum absolute atomic E-state index is 0.0898. The smallest absolute Gasteiger partial charge is 0.407 e. The van der Waals surface area contributed by atoms with Crippen molar-refractivity contribution in [3.63, 3.8) is 0 Å². The Morgan fingerprint density at radius 2 is 2.00 bits per heavy atom. The highest BCUT2D eigenvalue weighted by molar-refractivity contribution is 7.91. The van der Waals surface area contributed by atoms with E-state index in [4.69, 9.17) is 11.6 Å². The maximum atomic E-state index is 11.6. The molecule has 1 N–H and O–H groups in total. The van der Waals surface area contributed by atoms with Crippen LogP contribution in [0.15, 0.2) is 12.1 Å². The molecule has 0 saturated carbocycles. The number of halogens is 1. The van der Waals surface area contributed by atoms with Crippen molar-refractivity contribution in [2.75, 3.05) is 31.1 Å². The Morgan fingerprint density at radius 1 is 1.32 bits per heavy atom. The fraction of sp³-hybridized carbons (Fsp3) is 0.538. The van der Waals surface area contributed by atoms with Gasteiger partial charge in [-0.3, -0.25) is 4.90 Å². The highest BCUT2D eigenvalue weighted by atomic mass is 35.5. The molecule has 1 saturated heterocycles. The number of carboxylic acid groups (broad SMARTS) is 1. The predicted octanol–water partition coefficient (Wildman–Crippen LogP) is 1.00.